The number of nitrogens with one attached hydrogen (secondary N) is 3. The monoisotopic (exact) mass is 423 g/mol. The molecule has 0 saturated heterocycles. The Kier molecular flexibility index (Phi) is 7.25. The van der Waals surface area contributed by atoms with E-state index in [-0.39, 0.29) is 17.6 Å². The van der Waals surface area contributed by atoms with Crippen molar-refractivity contribution in [3.63, 3.8) is 0 Å². The maximum atomic E-state index is 12.1. The first kappa shape index (κ1) is 21.2. The Morgan fingerprint density at radius 1 is 1.07 bits per heavy atom. The molecule has 9 heteroatoms. The Morgan fingerprint density at radius 2 is 1.87 bits per heavy atom. The number of hydrogen-bond donors (Lipinski definition) is 4. The van der Waals surface area contributed by atoms with E-state index in [1.165, 1.54) is 6.20 Å². The van der Waals surface area contributed by atoms with Gasteiger partial charge in [0.15, 0.2) is 0 Å². The molecular formula is C21H21N5O3S. The van der Waals surface area contributed by atoms with Crippen LogP contribution >= 0.6 is 11.9 Å². The molecule has 3 rings (SSSR count). The number of pyridine rings is 1. The summed E-state index contributed by atoms with van der Waals surface area (Å²) in [5, 5.41) is 13.6. The van der Waals surface area contributed by atoms with E-state index in [1.807, 2.05) is 24.3 Å². The van der Waals surface area contributed by atoms with Crippen molar-refractivity contribution in [2.24, 2.45) is 5.14 Å². The average molecular weight is 423 g/mol. The first-order valence-electron chi connectivity index (χ1n) is 9.04. The summed E-state index contributed by atoms with van der Waals surface area (Å²) in [5.74, 6) is 0.828. The van der Waals surface area contributed by atoms with Crippen LogP contribution in [0.4, 0.5) is 10.5 Å². The number of nitrogens with zero attached hydrogens (tertiary/aromatic N) is 1. The van der Waals surface area contributed by atoms with Crippen molar-refractivity contribution >= 4 is 29.6 Å². The lowest BCUT2D eigenvalue weighted by atomic mass is 10.2. The standard InChI is InChI=1S/C21H21N5O3S/c1-23-20(27)19-12-17(9-10-24-19)29-16-7-5-14(6-8-16)13-25-21(28)26-15-3-2-4-18(11-15)30-22/h2-12H,13,22H2,1H3,(H,23,27)(H2,25,26,28). The van der Waals surface area contributed by atoms with Crippen LogP contribution in [0.3, 0.4) is 0 Å². The summed E-state index contributed by atoms with van der Waals surface area (Å²) in [6.07, 6.45) is 1.51. The number of hydrogen-bond acceptors (Lipinski definition) is 6. The second kappa shape index (κ2) is 10.3. The van der Waals surface area contributed by atoms with Gasteiger partial charge in [0.2, 0.25) is 0 Å². The molecule has 0 unspecified atom stereocenters. The van der Waals surface area contributed by atoms with Gasteiger partial charge in [0.25, 0.3) is 5.91 Å². The van der Waals surface area contributed by atoms with Gasteiger partial charge in [0.05, 0.1) is 0 Å². The van der Waals surface area contributed by atoms with Crippen LogP contribution in [0.25, 0.3) is 0 Å². The number of rotatable bonds is 7. The predicted molar refractivity (Wildman–Crippen MR) is 116 cm³/mol. The van der Waals surface area contributed by atoms with Gasteiger partial charge in [0, 0.05) is 36.4 Å². The second-order valence-corrected chi connectivity index (χ2v) is 6.86. The first-order valence-corrected chi connectivity index (χ1v) is 9.92. The molecular weight excluding hydrogens is 402 g/mol. The Balaban J connectivity index is 1.53. The third-order valence-electron chi connectivity index (χ3n) is 4.03. The fourth-order valence-electron chi connectivity index (χ4n) is 2.54. The van der Waals surface area contributed by atoms with Gasteiger partial charge in [-0.1, -0.05) is 18.2 Å². The molecule has 0 fully saturated rings. The highest BCUT2D eigenvalue weighted by Crippen LogP contribution is 2.22. The lowest BCUT2D eigenvalue weighted by Gasteiger charge is -2.10. The van der Waals surface area contributed by atoms with Crippen LogP contribution in [0.15, 0.2) is 71.8 Å². The molecule has 0 bridgehead atoms. The zero-order chi connectivity index (χ0) is 21.3. The lowest BCUT2D eigenvalue weighted by Crippen LogP contribution is -2.28. The van der Waals surface area contributed by atoms with Crippen LogP contribution in [0.2, 0.25) is 0 Å². The van der Waals surface area contributed by atoms with Crippen molar-refractivity contribution in [1.29, 1.82) is 0 Å². The molecule has 0 aliphatic heterocycles. The number of anilines is 1. The van der Waals surface area contributed by atoms with Gasteiger partial charge >= 0.3 is 6.03 Å². The number of carbonyl (C=O) groups excluding carboxylic acids is 2. The number of aromatic nitrogens is 1. The van der Waals surface area contributed by atoms with Gasteiger partial charge in [0.1, 0.15) is 17.2 Å². The highest BCUT2D eigenvalue weighted by molar-refractivity contribution is 7.97. The van der Waals surface area contributed by atoms with Gasteiger partial charge in [-0.2, -0.15) is 0 Å². The van der Waals surface area contributed by atoms with E-state index in [2.05, 4.69) is 20.9 Å². The summed E-state index contributed by atoms with van der Waals surface area (Å²) in [4.78, 5) is 28.6. The van der Waals surface area contributed by atoms with Gasteiger partial charge in [-0.05, 0) is 53.9 Å². The molecule has 0 spiro atoms. The van der Waals surface area contributed by atoms with Crippen LogP contribution in [0.5, 0.6) is 11.5 Å². The summed E-state index contributed by atoms with van der Waals surface area (Å²) < 4.78 is 5.76. The summed E-state index contributed by atoms with van der Waals surface area (Å²) in [6.45, 7) is 0.355. The van der Waals surface area contributed by atoms with E-state index in [9.17, 15) is 9.59 Å². The average Bonchev–Trinajstić information content (AvgIpc) is 2.78. The molecule has 30 heavy (non-hydrogen) atoms. The molecule has 8 nitrogen and oxygen atoms in total. The smallest absolute Gasteiger partial charge is 0.319 e. The van der Waals surface area contributed by atoms with E-state index >= 15 is 0 Å². The van der Waals surface area contributed by atoms with Crippen molar-refractivity contribution in [1.82, 2.24) is 15.6 Å². The number of carbonyl (C=O) groups is 2. The molecule has 1 heterocycles. The Bertz CT molecular complexity index is 1030. The highest BCUT2D eigenvalue weighted by Gasteiger charge is 2.07. The maximum Gasteiger partial charge on any atom is 0.319 e. The summed E-state index contributed by atoms with van der Waals surface area (Å²) >= 11 is 1.12. The predicted octanol–water partition coefficient (Wildman–Crippen LogP) is 3.52. The van der Waals surface area contributed by atoms with Crippen LogP contribution < -0.4 is 25.8 Å². The molecule has 3 amide bonds. The maximum absolute atomic E-state index is 12.1. The van der Waals surface area contributed by atoms with Crippen molar-refractivity contribution in [2.45, 2.75) is 11.4 Å². The van der Waals surface area contributed by atoms with E-state index < -0.39 is 0 Å². The Labute approximate surface area is 178 Å². The van der Waals surface area contributed by atoms with Crippen LogP contribution in [0.1, 0.15) is 16.1 Å². The molecule has 0 aliphatic carbocycles. The number of nitrogens with two attached hydrogens (primary N) is 1. The number of urea groups is 1. The lowest BCUT2D eigenvalue weighted by molar-refractivity contribution is 0.0958. The fraction of sp³-hybridized carbons (Fsp3) is 0.0952. The zero-order valence-electron chi connectivity index (χ0n) is 16.2. The van der Waals surface area contributed by atoms with Crippen molar-refractivity contribution in [2.75, 3.05) is 12.4 Å². The fourth-order valence-corrected chi connectivity index (χ4v) is 2.90. The molecule has 154 valence electrons. The largest absolute Gasteiger partial charge is 0.457 e. The van der Waals surface area contributed by atoms with Crippen molar-refractivity contribution in [3.05, 3.63) is 78.1 Å². The van der Waals surface area contributed by atoms with E-state index in [1.54, 1.807) is 43.4 Å². The molecule has 3 aromatic rings. The third kappa shape index (κ3) is 5.97. The quantitative estimate of drug-likeness (QED) is 0.432. The number of benzene rings is 2. The summed E-state index contributed by atoms with van der Waals surface area (Å²) in [7, 11) is 1.54. The number of amides is 3. The Morgan fingerprint density at radius 3 is 2.60 bits per heavy atom. The van der Waals surface area contributed by atoms with Crippen molar-refractivity contribution < 1.29 is 14.3 Å². The van der Waals surface area contributed by atoms with E-state index in [0.29, 0.717) is 23.7 Å². The van der Waals surface area contributed by atoms with Gasteiger partial charge in [-0.25, -0.2) is 4.79 Å². The van der Waals surface area contributed by atoms with E-state index in [4.69, 9.17) is 9.88 Å². The number of ether oxygens (including phenoxy) is 1. The zero-order valence-corrected chi connectivity index (χ0v) is 17.0. The minimum absolute atomic E-state index is 0.275. The highest BCUT2D eigenvalue weighted by atomic mass is 32.2. The molecule has 5 N–H and O–H groups in total. The van der Waals surface area contributed by atoms with Gasteiger partial charge in [-0.3, -0.25) is 14.9 Å². The van der Waals surface area contributed by atoms with E-state index in [0.717, 1.165) is 22.4 Å². The topological polar surface area (TPSA) is 118 Å². The molecule has 0 saturated carbocycles. The SMILES string of the molecule is CNC(=O)c1cc(Oc2ccc(CNC(=O)Nc3cccc(SN)c3)cc2)ccn1. The minimum Gasteiger partial charge on any atom is -0.457 e. The van der Waals surface area contributed by atoms with Crippen molar-refractivity contribution in [3.8, 4) is 11.5 Å². The molecule has 0 aliphatic rings. The summed E-state index contributed by atoms with van der Waals surface area (Å²) in [5.41, 5.74) is 1.85. The molecule has 0 radical (unpaired) electrons. The molecule has 2 aromatic carbocycles. The van der Waals surface area contributed by atoms with Crippen LogP contribution in [0, 0.1) is 0 Å². The van der Waals surface area contributed by atoms with Gasteiger partial charge < -0.3 is 20.7 Å². The minimum atomic E-state index is -0.312. The molecule has 1 aromatic heterocycles. The third-order valence-corrected chi connectivity index (χ3v) is 4.56. The van der Waals surface area contributed by atoms with Crippen LogP contribution in [-0.4, -0.2) is 24.0 Å². The first-order chi connectivity index (χ1) is 14.6. The molecule has 0 atom stereocenters. The summed E-state index contributed by atoms with van der Waals surface area (Å²) in [6, 6.07) is 17.5. The Hall–Kier alpha value is -3.56. The second-order valence-electron chi connectivity index (χ2n) is 6.16. The van der Waals surface area contributed by atoms with Crippen LogP contribution in [-0.2, 0) is 6.54 Å². The normalized spacial score (nSPS) is 10.2. The van der Waals surface area contributed by atoms with Gasteiger partial charge in [-0.15, -0.1) is 0 Å².